The second-order valence-corrected chi connectivity index (χ2v) is 11.6. The highest BCUT2D eigenvalue weighted by atomic mass is 35.5. The van der Waals surface area contributed by atoms with Crippen molar-refractivity contribution in [2.75, 3.05) is 0 Å². The third-order valence-electron chi connectivity index (χ3n) is 6.75. The molecule has 2 N–H and O–H groups in total. The lowest BCUT2D eigenvalue weighted by Gasteiger charge is -2.32. The molecular formula is C26H30ClN3O3S. The molecule has 0 spiro atoms. The minimum absolute atomic E-state index is 0.0883. The number of fused-ring (bicyclic) bond motifs is 3. The third-order valence-corrected chi connectivity index (χ3v) is 8.65. The number of thioether (sulfide) groups is 1. The Morgan fingerprint density at radius 2 is 1.82 bits per heavy atom. The van der Waals surface area contributed by atoms with Crippen molar-refractivity contribution in [3.63, 3.8) is 0 Å². The summed E-state index contributed by atoms with van der Waals surface area (Å²) < 4.78 is -0.508. The Labute approximate surface area is 209 Å². The molecular weight excluding hydrogens is 470 g/mol. The van der Waals surface area contributed by atoms with Crippen molar-refractivity contribution in [1.29, 1.82) is 0 Å². The van der Waals surface area contributed by atoms with E-state index in [-0.39, 0.29) is 35.6 Å². The van der Waals surface area contributed by atoms with Gasteiger partial charge in [0.15, 0.2) is 0 Å². The molecule has 2 aliphatic heterocycles. The van der Waals surface area contributed by atoms with Gasteiger partial charge in [-0.15, -0.1) is 11.8 Å². The first-order valence-corrected chi connectivity index (χ1v) is 12.8. The van der Waals surface area contributed by atoms with Crippen molar-refractivity contribution in [2.24, 2.45) is 5.92 Å². The number of hydrogen-bond acceptors (Lipinski definition) is 4. The van der Waals surface area contributed by atoms with E-state index in [4.69, 9.17) is 11.6 Å². The van der Waals surface area contributed by atoms with Gasteiger partial charge in [0.05, 0.1) is 0 Å². The molecule has 2 heterocycles. The van der Waals surface area contributed by atoms with Gasteiger partial charge >= 0.3 is 0 Å². The molecule has 0 radical (unpaired) electrons. The van der Waals surface area contributed by atoms with Crippen LogP contribution in [-0.2, 0) is 16.1 Å². The van der Waals surface area contributed by atoms with Gasteiger partial charge in [-0.1, -0.05) is 68.3 Å². The fourth-order valence-corrected chi connectivity index (χ4v) is 6.46. The van der Waals surface area contributed by atoms with E-state index < -0.39 is 16.8 Å². The molecule has 0 saturated carbocycles. The van der Waals surface area contributed by atoms with Gasteiger partial charge in [0.2, 0.25) is 11.8 Å². The van der Waals surface area contributed by atoms with Gasteiger partial charge in [-0.3, -0.25) is 14.4 Å². The molecule has 0 aromatic heterocycles. The molecule has 2 aliphatic rings. The first-order chi connectivity index (χ1) is 16.2. The topological polar surface area (TPSA) is 78.5 Å². The Kier molecular flexibility index (Phi) is 6.97. The standard InChI is InChI=1S/C26H30ClN3O3S/c1-5-15(2)20(22(31)28-14-16-10-6-9-13-19(16)27)29-23(32)21-26(3,4)34-25-18-12-8-7-11-17(18)24(33)30(21)25/h6-13,15,20-21,25H,5,14H2,1-4H3,(H,28,31)(H,29,32)/t15-,20+,21-,25+/m1/s1. The van der Waals surface area contributed by atoms with Crippen LogP contribution in [0.2, 0.25) is 5.02 Å². The van der Waals surface area contributed by atoms with E-state index in [1.807, 2.05) is 70.2 Å². The largest absolute Gasteiger partial charge is 0.350 e. The van der Waals surface area contributed by atoms with Gasteiger partial charge in [-0.25, -0.2) is 0 Å². The quantitative estimate of drug-likeness (QED) is 0.586. The Hall–Kier alpha value is -2.51. The van der Waals surface area contributed by atoms with E-state index in [1.54, 1.807) is 22.7 Å². The van der Waals surface area contributed by atoms with E-state index in [2.05, 4.69) is 10.6 Å². The number of halogens is 1. The number of carbonyl (C=O) groups is 3. The van der Waals surface area contributed by atoms with Gasteiger partial charge in [-0.2, -0.15) is 0 Å². The summed E-state index contributed by atoms with van der Waals surface area (Å²) in [5.74, 6) is -0.797. The van der Waals surface area contributed by atoms with Crippen LogP contribution in [0.1, 0.15) is 61.0 Å². The average molecular weight is 500 g/mol. The minimum Gasteiger partial charge on any atom is -0.350 e. The van der Waals surface area contributed by atoms with Crippen molar-refractivity contribution < 1.29 is 14.4 Å². The Bertz CT molecular complexity index is 1120. The summed E-state index contributed by atoms with van der Waals surface area (Å²) in [4.78, 5) is 41.7. The van der Waals surface area contributed by atoms with Crippen LogP contribution in [0.15, 0.2) is 48.5 Å². The monoisotopic (exact) mass is 499 g/mol. The number of benzene rings is 2. The number of rotatable bonds is 7. The molecule has 4 rings (SSSR count). The van der Waals surface area contributed by atoms with Crippen LogP contribution in [-0.4, -0.2) is 39.5 Å². The lowest BCUT2D eigenvalue weighted by molar-refractivity contribution is -0.133. The predicted molar refractivity (Wildman–Crippen MR) is 135 cm³/mol. The fraction of sp³-hybridized carbons (Fsp3) is 0.423. The second-order valence-electron chi connectivity index (χ2n) is 9.46. The zero-order valence-corrected chi connectivity index (χ0v) is 21.4. The highest BCUT2D eigenvalue weighted by Crippen LogP contribution is 2.56. The van der Waals surface area contributed by atoms with Gasteiger partial charge in [0.1, 0.15) is 17.5 Å². The number of nitrogens with zero attached hydrogens (tertiary/aromatic N) is 1. The van der Waals surface area contributed by atoms with Gasteiger partial charge < -0.3 is 15.5 Å². The molecule has 0 aliphatic carbocycles. The van der Waals surface area contributed by atoms with Crippen LogP contribution in [0.5, 0.6) is 0 Å². The van der Waals surface area contributed by atoms with E-state index in [0.29, 0.717) is 17.0 Å². The zero-order valence-electron chi connectivity index (χ0n) is 19.8. The van der Waals surface area contributed by atoms with Crippen molar-refractivity contribution in [3.05, 3.63) is 70.2 Å². The molecule has 2 aromatic rings. The van der Waals surface area contributed by atoms with E-state index in [9.17, 15) is 14.4 Å². The molecule has 34 heavy (non-hydrogen) atoms. The zero-order chi connectivity index (χ0) is 24.6. The first-order valence-electron chi connectivity index (χ1n) is 11.6. The fourth-order valence-electron chi connectivity index (χ4n) is 4.67. The molecule has 1 fully saturated rings. The molecule has 3 amide bonds. The van der Waals surface area contributed by atoms with Crippen LogP contribution in [0.25, 0.3) is 0 Å². The van der Waals surface area contributed by atoms with Gasteiger partial charge in [-0.05, 0) is 43.0 Å². The number of amides is 3. The van der Waals surface area contributed by atoms with E-state index in [1.165, 1.54) is 0 Å². The number of nitrogens with one attached hydrogen (secondary N) is 2. The summed E-state index contributed by atoms with van der Waals surface area (Å²) in [6, 6.07) is 13.4. The van der Waals surface area contributed by atoms with Crippen LogP contribution >= 0.6 is 23.4 Å². The highest BCUT2D eigenvalue weighted by Gasteiger charge is 2.57. The molecule has 0 unspecified atom stereocenters. The summed E-state index contributed by atoms with van der Waals surface area (Å²) in [5.41, 5.74) is 2.39. The van der Waals surface area contributed by atoms with Crippen molar-refractivity contribution in [2.45, 2.75) is 62.9 Å². The Morgan fingerprint density at radius 1 is 1.15 bits per heavy atom. The lowest BCUT2D eigenvalue weighted by Crippen LogP contribution is -2.58. The van der Waals surface area contributed by atoms with E-state index >= 15 is 0 Å². The molecule has 2 aromatic carbocycles. The summed E-state index contributed by atoms with van der Waals surface area (Å²) in [7, 11) is 0. The maximum absolute atomic E-state index is 13.6. The SMILES string of the molecule is CC[C@@H](C)[C@H](NC(=O)[C@H]1N2C(=O)c3ccccc3[C@@H]2SC1(C)C)C(=O)NCc1ccccc1Cl. The molecule has 6 nitrogen and oxygen atoms in total. The summed E-state index contributed by atoms with van der Waals surface area (Å²) in [6.07, 6.45) is 0.712. The van der Waals surface area contributed by atoms with Crippen molar-refractivity contribution in [1.82, 2.24) is 15.5 Å². The predicted octanol–water partition coefficient (Wildman–Crippen LogP) is 4.54. The molecule has 8 heteroatoms. The van der Waals surface area contributed by atoms with Gasteiger partial charge in [0, 0.05) is 21.9 Å². The molecule has 180 valence electrons. The third kappa shape index (κ3) is 4.43. The van der Waals surface area contributed by atoms with Crippen molar-refractivity contribution in [3.8, 4) is 0 Å². The highest BCUT2D eigenvalue weighted by molar-refractivity contribution is 8.01. The molecule has 1 saturated heterocycles. The summed E-state index contributed by atoms with van der Waals surface area (Å²) in [5, 5.41) is 6.28. The number of carbonyl (C=O) groups excluding carboxylic acids is 3. The van der Waals surface area contributed by atoms with E-state index in [0.717, 1.165) is 11.1 Å². The Morgan fingerprint density at radius 3 is 2.53 bits per heavy atom. The Balaban J connectivity index is 1.53. The van der Waals surface area contributed by atoms with Crippen LogP contribution in [0.3, 0.4) is 0 Å². The van der Waals surface area contributed by atoms with Crippen LogP contribution in [0.4, 0.5) is 0 Å². The summed E-state index contributed by atoms with van der Waals surface area (Å²) >= 11 is 7.83. The smallest absolute Gasteiger partial charge is 0.256 e. The molecule has 0 bridgehead atoms. The second kappa shape index (κ2) is 9.62. The van der Waals surface area contributed by atoms with Crippen molar-refractivity contribution >= 4 is 41.1 Å². The van der Waals surface area contributed by atoms with Crippen LogP contribution in [0, 0.1) is 5.92 Å². The average Bonchev–Trinajstić information content (AvgIpc) is 3.25. The lowest BCUT2D eigenvalue weighted by atomic mass is 9.95. The summed E-state index contributed by atoms with van der Waals surface area (Å²) in [6.45, 7) is 8.15. The van der Waals surface area contributed by atoms with Gasteiger partial charge in [0.25, 0.3) is 5.91 Å². The van der Waals surface area contributed by atoms with Crippen LogP contribution < -0.4 is 10.6 Å². The first kappa shape index (κ1) is 24.6. The molecule has 4 atom stereocenters. The maximum atomic E-state index is 13.6. The normalized spacial score (nSPS) is 22.0. The minimum atomic E-state index is -0.722. The number of hydrogen-bond donors (Lipinski definition) is 2. The maximum Gasteiger partial charge on any atom is 0.256 e.